The van der Waals surface area contributed by atoms with E-state index >= 15 is 0 Å². The fraction of sp³-hybridized carbons (Fsp3) is 0.833. The average molecular weight is 257 g/mol. The zero-order valence-corrected chi connectivity index (χ0v) is 11.0. The summed E-state index contributed by atoms with van der Waals surface area (Å²) in [6, 6.07) is 0. The number of amides is 1. The van der Waals surface area contributed by atoms with Crippen molar-refractivity contribution in [1.82, 2.24) is 4.90 Å². The van der Waals surface area contributed by atoms with Crippen molar-refractivity contribution in [3.8, 4) is 0 Å². The Kier molecular flexibility index (Phi) is 3.59. The molecule has 0 aliphatic carbocycles. The molecule has 102 valence electrons. The molecule has 2 fully saturated rings. The van der Waals surface area contributed by atoms with Crippen molar-refractivity contribution in [2.24, 2.45) is 0 Å². The molecule has 1 amide bonds. The first-order valence-electron chi connectivity index (χ1n) is 6.34. The fourth-order valence-electron chi connectivity index (χ4n) is 2.43. The summed E-state index contributed by atoms with van der Waals surface area (Å²) in [4.78, 5) is 25.3. The van der Waals surface area contributed by atoms with Gasteiger partial charge in [-0.1, -0.05) is 0 Å². The van der Waals surface area contributed by atoms with Crippen LogP contribution in [0.4, 0.5) is 0 Å². The van der Waals surface area contributed by atoms with Gasteiger partial charge in [-0.3, -0.25) is 9.69 Å². The Morgan fingerprint density at radius 1 is 1.61 bits per heavy atom. The molecule has 2 aliphatic rings. The van der Waals surface area contributed by atoms with Gasteiger partial charge >= 0.3 is 5.97 Å². The highest BCUT2D eigenvalue weighted by atomic mass is 16.8. The summed E-state index contributed by atoms with van der Waals surface area (Å²) in [6.07, 6.45) is 0.143. The lowest BCUT2D eigenvalue weighted by atomic mass is 10.3. The van der Waals surface area contributed by atoms with Crippen LogP contribution >= 0.6 is 0 Å². The first-order chi connectivity index (χ1) is 8.50. The number of ether oxygens (including phenoxy) is 3. The Balaban J connectivity index is 2.16. The molecule has 0 saturated carbocycles. The van der Waals surface area contributed by atoms with Crippen LogP contribution in [-0.2, 0) is 23.8 Å². The van der Waals surface area contributed by atoms with E-state index in [1.807, 2.05) is 13.8 Å². The maximum atomic E-state index is 12.1. The minimum absolute atomic E-state index is 0.0839. The predicted molar refractivity (Wildman–Crippen MR) is 61.4 cm³/mol. The highest BCUT2D eigenvalue weighted by molar-refractivity contribution is 6.02. The molecule has 0 aromatic rings. The van der Waals surface area contributed by atoms with Gasteiger partial charge in [-0.15, -0.1) is 0 Å². The molecule has 2 rings (SSSR count). The van der Waals surface area contributed by atoms with Gasteiger partial charge in [0, 0.05) is 13.0 Å². The molecule has 0 radical (unpaired) electrons. The first-order valence-corrected chi connectivity index (χ1v) is 6.34. The number of fused-ring (bicyclic) bond motifs is 1. The van der Waals surface area contributed by atoms with Gasteiger partial charge in [0.1, 0.15) is 0 Å². The van der Waals surface area contributed by atoms with Gasteiger partial charge in [-0.2, -0.15) is 0 Å². The first kappa shape index (κ1) is 13.3. The van der Waals surface area contributed by atoms with Crippen LogP contribution in [0.25, 0.3) is 0 Å². The Labute approximate surface area is 106 Å². The maximum Gasteiger partial charge on any atom is 0.345 e. The van der Waals surface area contributed by atoms with Crippen molar-refractivity contribution < 1.29 is 23.8 Å². The van der Waals surface area contributed by atoms with E-state index in [1.165, 1.54) is 4.90 Å². The van der Waals surface area contributed by atoms with Crippen molar-refractivity contribution in [2.75, 3.05) is 13.2 Å². The fourth-order valence-corrected chi connectivity index (χ4v) is 2.43. The molecule has 18 heavy (non-hydrogen) atoms. The molecule has 6 heteroatoms. The normalized spacial score (nSPS) is 31.0. The van der Waals surface area contributed by atoms with Gasteiger partial charge < -0.3 is 14.2 Å². The second kappa shape index (κ2) is 4.85. The van der Waals surface area contributed by atoms with E-state index in [0.717, 1.165) is 6.42 Å². The predicted octanol–water partition coefficient (Wildman–Crippen LogP) is 0.649. The highest BCUT2D eigenvalue weighted by Crippen LogP contribution is 2.40. The van der Waals surface area contributed by atoms with E-state index in [9.17, 15) is 9.59 Å². The molecule has 2 heterocycles. The van der Waals surface area contributed by atoms with Crippen LogP contribution in [0.15, 0.2) is 0 Å². The van der Waals surface area contributed by atoms with E-state index in [0.29, 0.717) is 13.0 Å². The van der Waals surface area contributed by atoms with Gasteiger partial charge in [-0.25, -0.2) is 4.79 Å². The number of nitrogens with zero attached hydrogens (tertiary/aromatic N) is 1. The Morgan fingerprint density at radius 3 is 2.94 bits per heavy atom. The molecule has 0 bridgehead atoms. The van der Waals surface area contributed by atoms with E-state index < -0.39 is 18.0 Å². The highest BCUT2D eigenvalue weighted by Gasteiger charge is 2.59. The number of carbonyl (C=O) groups excluding carboxylic acids is 2. The van der Waals surface area contributed by atoms with Gasteiger partial charge in [-0.05, 0) is 27.2 Å². The number of esters is 1. The molecule has 2 atom stereocenters. The van der Waals surface area contributed by atoms with Crippen LogP contribution in [0.5, 0.6) is 0 Å². The molecular weight excluding hydrogens is 238 g/mol. The third-order valence-electron chi connectivity index (χ3n) is 3.00. The van der Waals surface area contributed by atoms with Crippen LogP contribution < -0.4 is 0 Å². The molecular formula is C12H19NO5. The van der Waals surface area contributed by atoms with E-state index in [-0.39, 0.29) is 18.6 Å². The molecule has 0 N–H and O–H groups in total. The summed E-state index contributed by atoms with van der Waals surface area (Å²) in [5.74, 6) is -2.06. The topological polar surface area (TPSA) is 65.1 Å². The van der Waals surface area contributed by atoms with Crippen LogP contribution in [0.3, 0.4) is 0 Å². The Bertz CT molecular complexity index is 356. The lowest BCUT2D eigenvalue weighted by molar-refractivity contribution is -0.285. The summed E-state index contributed by atoms with van der Waals surface area (Å²) in [5, 5.41) is 0. The molecule has 0 aromatic carbocycles. The molecule has 2 aliphatic heterocycles. The summed E-state index contributed by atoms with van der Waals surface area (Å²) in [6.45, 7) is 6.22. The summed E-state index contributed by atoms with van der Waals surface area (Å²) < 4.78 is 16.2. The molecule has 0 aromatic heterocycles. The van der Waals surface area contributed by atoms with Crippen LogP contribution in [0.1, 0.15) is 33.6 Å². The lowest BCUT2D eigenvalue weighted by Gasteiger charge is -2.31. The number of carbonyl (C=O) groups is 2. The molecule has 0 spiro atoms. The second-order valence-electron chi connectivity index (χ2n) is 4.72. The minimum atomic E-state index is -1.18. The third kappa shape index (κ3) is 2.10. The van der Waals surface area contributed by atoms with Gasteiger partial charge in [0.15, 0.2) is 0 Å². The lowest BCUT2D eigenvalue weighted by Crippen LogP contribution is -2.45. The maximum absolute atomic E-state index is 12.1. The number of rotatable bonds is 4. The van der Waals surface area contributed by atoms with Crippen LogP contribution in [0.2, 0.25) is 0 Å². The zero-order valence-electron chi connectivity index (χ0n) is 11.0. The van der Waals surface area contributed by atoms with Crippen molar-refractivity contribution in [2.45, 2.75) is 51.7 Å². The third-order valence-corrected chi connectivity index (χ3v) is 3.00. The smallest absolute Gasteiger partial charge is 0.345 e. The van der Waals surface area contributed by atoms with Gasteiger partial charge in [0.2, 0.25) is 6.10 Å². The monoisotopic (exact) mass is 257 g/mol. The largest absolute Gasteiger partial charge is 0.464 e. The van der Waals surface area contributed by atoms with E-state index in [4.69, 9.17) is 14.2 Å². The van der Waals surface area contributed by atoms with Crippen molar-refractivity contribution in [3.63, 3.8) is 0 Å². The van der Waals surface area contributed by atoms with Crippen molar-refractivity contribution >= 4 is 11.9 Å². The van der Waals surface area contributed by atoms with Gasteiger partial charge in [0.25, 0.3) is 11.8 Å². The Morgan fingerprint density at radius 2 is 2.33 bits per heavy atom. The SMILES string of the molecule is CCOC(=O)C1OC2(OC(C)C)CCCN2C1=O. The van der Waals surface area contributed by atoms with Gasteiger partial charge in [0.05, 0.1) is 12.7 Å². The standard InChI is InChI=1S/C12H19NO5/c1-4-16-11(15)9-10(14)13-7-5-6-12(13,18-9)17-8(2)3/h8-9H,4-7H2,1-3H3. The molecule has 6 nitrogen and oxygen atoms in total. The van der Waals surface area contributed by atoms with Crippen molar-refractivity contribution in [3.05, 3.63) is 0 Å². The average Bonchev–Trinajstić information content (AvgIpc) is 2.77. The van der Waals surface area contributed by atoms with Crippen molar-refractivity contribution in [1.29, 1.82) is 0 Å². The second-order valence-corrected chi connectivity index (χ2v) is 4.72. The zero-order chi connectivity index (χ0) is 13.3. The summed E-state index contributed by atoms with van der Waals surface area (Å²) >= 11 is 0. The molecule has 2 saturated heterocycles. The van der Waals surface area contributed by atoms with E-state index in [2.05, 4.69) is 0 Å². The van der Waals surface area contributed by atoms with E-state index in [1.54, 1.807) is 6.92 Å². The quantitative estimate of drug-likeness (QED) is 0.546. The summed E-state index contributed by atoms with van der Waals surface area (Å²) in [7, 11) is 0. The van der Waals surface area contributed by atoms with Crippen LogP contribution in [-0.4, -0.2) is 48.0 Å². The Hall–Kier alpha value is -1.14. The molecule has 2 unspecified atom stereocenters. The summed E-state index contributed by atoms with van der Waals surface area (Å²) in [5.41, 5.74) is 0. The number of hydrogen-bond acceptors (Lipinski definition) is 5. The van der Waals surface area contributed by atoms with Crippen LogP contribution in [0, 0.1) is 0 Å². The number of hydrogen-bond donors (Lipinski definition) is 0. The minimum Gasteiger partial charge on any atom is -0.464 e.